The Balaban J connectivity index is 1.53. The van der Waals surface area contributed by atoms with Gasteiger partial charge in [0.15, 0.2) is 5.65 Å². The van der Waals surface area contributed by atoms with Crippen LogP contribution in [0, 0.1) is 12.8 Å². The summed E-state index contributed by atoms with van der Waals surface area (Å²) in [6, 6.07) is 1.84. The number of nitrogens with zero attached hydrogens (tertiary/aromatic N) is 4. The molecule has 28 heavy (non-hydrogen) atoms. The van der Waals surface area contributed by atoms with E-state index in [1.54, 1.807) is 0 Å². The fourth-order valence-electron chi connectivity index (χ4n) is 4.09. The van der Waals surface area contributed by atoms with Crippen LogP contribution in [0.4, 0.5) is 13.2 Å². The van der Waals surface area contributed by atoms with Gasteiger partial charge in [-0.3, -0.25) is 4.68 Å². The fourth-order valence-corrected chi connectivity index (χ4v) is 4.09. The summed E-state index contributed by atoms with van der Waals surface area (Å²) in [4.78, 5) is 8.78. The highest BCUT2D eigenvalue weighted by atomic mass is 19.4. The van der Waals surface area contributed by atoms with Crippen molar-refractivity contribution in [2.24, 2.45) is 5.92 Å². The van der Waals surface area contributed by atoms with Gasteiger partial charge >= 0.3 is 6.18 Å². The third-order valence-electron chi connectivity index (χ3n) is 5.66. The number of fused-ring (bicyclic) bond motifs is 3. The highest BCUT2D eigenvalue weighted by Crippen LogP contribution is 2.44. The fraction of sp³-hybridized carbons (Fsp3) is 0.421. The minimum atomic E-state index is -4.53. The van der Waals surface area contributed by atoms with Gasteiger partial charge in [0, 0.05) is 5.56 Å². The van der Waals surface area contributed by atoms with Crippen LogP contribution in [0.15, 0.2) is 24.5 Å². The molecule has 1 N–H and O–H groups in total. The molecule has 2 aromatic heterocycles. The molecule has 2 saturated heterocycles. The first-order chi connectivity index (χ1) is 13.3. The second-order valence-electron chi connectivity index (χ2n) is 7.51. The maximum absolute atomic E-state index is 12.9. The summed E-state index contributed by atoms with van der Waals surface area (Å²) < 4.78 is 46.4. The number of aromatic nitrogens is 4. The first kappa shape index (κ1) is 17.4. The number of ether oxygens (including phenoxy) is 1. The molecule has 1 aromatic carbocycles. The van der Waals surface area contributed by atoms with Gasteiger partial charge in [-0.25, -0.2) is 9.97 Å². The van der Waals surface area contributed by atoms with Crippen LogP contribution in [-0.4, -0.2) is 37.6 Å². The van der Waals surface area contributed by atoms with Crippen LogP contribution in [0.3, 0.4) is 0 Å². The van der Waals surface area contributed by atoms with Crippen LogP contribution in [0.25, 0.3) is 22.4 Å². The maximum Gasteiger partial charge on any atom is 0.416 e. The van der Waals surface area contributed by atoms with E-state index in [2.05, 4.69) is 15.1 Å². The molecule has 1 saturated carbocycles. The largest absolute Gasteiger partial charge is 0.507 e. The maximum atomic E-state index is 12.9. The lowest BCUT2D eigenvalue weighted by Gasteiger charge is -2.46. The van der Waals surface area contributed by atoms with Crippen molar-refractivity contribution in [3.8, 4) is 17.0 Å². The molecule has 146 valence electrons. The van der Waals surface area contributed by atoms with Gasteiger partial charge in [0.05, 0.1) is 42.4 Å². The highest BCUT2D eigenvalue weighted by molar-refractivity contribution is 5.77. The van der Waals surface area contributed by atoms with Gasteiger partial charge < -0.3 is 9.84 Å². The van der Waals surface area contributed by atoms with Crippen molar-refractivity contribution >= 4 is 11.2 Å². The van der Waals surface area contributed by atoms with E-state index >= 15 is 0 Å². The molecule has 4 heterocycles. The van der Waals surface area contributed by atoms with Crippen LogP contribution >= 0.6 is 0 Å². The van der Waals surface area contributed by atoms with E-state index in [-0.39, 0.29) is 22.9 Å². The number of alkyl halides is 3. The summed E-state index contributed by atoms with van der Waals surface area (Å²) in [6.45, 7) is 2.11. The molecule has 2 aliphatic heterocycles. The molecule has 1 aliphatic carbocycles. The first-order valence-electron chi connectivity index (χ1n) is 9.04. The molecule has 3 fully saturated rings. The van der Waals surface area contributed by atoms with Crippen molar-refractivity contribution in [3.63, 3.8) is 0 Å². The lowest BCUT2D eigenvalue weighted by atomic mass is 9.75. The van der Waals surface area contributed by atoms with Gasteiger partial charge in [-0.1, -0.05) is 0 Å². The van der Waals surface area contributed by atoms with Crippen molar-refractivity contribution < 1.29 is 23.0 Å². The van der Waals surface area contributed by atoms with Crippen molar-refractivity contribution in [1.29, 1.82) is 0 Å². The van der Waals surface area contributed by atoms with Gasteiger partial charge in [0.25, 0.3) is 0 Å². The Hall–Kier alpha value is -2.68. The molecule has 3 aromatic rings. The molecule has 1 atom stereocenters. The van der Waals surface area contributed by atoms with E-state index in [0.717, 1.165) is 18.9 Å². The van der Waals surface area contributed by atoms with Gasteiger partial charge in [-0.15, -0.1) is 0 Å². The number of hydrogen-bond acceptors (Lipinski definition) is 5. The summed E-state index contributed by atoms with van der Waals surface area (Å²) >= 11 is 0. The third-order valence-corrected chi connectivity index (χ3v) is 5.66. The molecular weight excluding hydrogens is 373 g/mol. The third kappa shape index (κ3) is 2.72. The molecule has 3 aliphatic rings. The summed E-state index contributed by atoms with van der Waals surface area (Å²) in [5, 5.41) is 14.7. The lowest BCUT2D eigenvalue weighted by Crippen LogP contribution is -2.45. The van der Waals surface area contributed by atoms with Crippen LogP contribution < -0.4 is 0 Å². The minimum absolute atomic E-state index is 0.144. The van der Waals surface area contributed by atoms with E-state index in [1.165, 1.54) is 13.1 Å². The zero-order valence-electron chi connectivity index (χ0n) is 14.9. The Morgan fingerprint density at radius 3 is 2.68 bits per heavy atom. The quantitative estimate of drug-likeness (QED) is 0.719. The van der Waals surface area contributed by atoms with E-state index in [4.69, 9.17) is 4.74 Å². The molecular formula is C19H17F3N4O2. The average Bonchev–Trinajstić information content (AvgIpc) is 3.03. The van der Waals surface area contributed by atoms with Gasteiger partial charge in [0.1, 0.15) is 11.3 Å². The lowest BCUT2D eigenvalue weighted by molar-refractivity contribution is -0.137. The molecule has 9 heteroatoms. The number of benzene rings is 1. The van der Waals surface area contributed by atoms with Crippen LogP contribution in [0.1, 0.15) is 30.0 Å². The molecule has 6 nitrogen and oxygen atoms in total. The number of hydrogen-bond donors (Lipinski definition) is 1. The minimum Gasteiger partial charge on any atom is -0.507 e. The topological polar surface area (TPSA) is 73.1 Å². The number of phenols is 1. The number of aryl methyl sites for hydroxylation is 1. The zero-order valence-corrected chi connectivity index (χ0v) is 14.9. The predicted molar refractivity (Wildman–Crippen MR) is 93.7 cm³/mol. The van der Waals surface area contributed by atoms with Crippen LogP contribution in [0.5, 0.6) is 5.75 Å². The second-order valence-corrected chi connectivity index (χ2v) is 7.51. The van der Waals surface area contributed by atoms with Crippen LogP contribution in [-0.2, 0) is 10.9 Å². The smallest absolute Gasteiger partial charge is 0.416 e. The SMILES string of the molecule is Cc1cc(C(F)(F)F)cc(O)c1-c1cnc2cn(C3COC4CC3C4)nc2n1. The number of phenolic OH excluding ortho intramolecular Hbond substituents is 1. The zero-order chi connectivity index (χ0) is 19.6. The van der Waals surface area contributed by atoms with E-state index in [0.29, 0.717) is 35.9 Å². The van der Waals surface area contributed by atoms with E-state index < -0.39 is 17.5 Å². The number of aromatic hydroxyl groups is 1. The Morgan fingerprint density at radius 2 is 2.04 bits per heavy atom. The van der Waals surface area contributed by atoms with Crippen molar-refractivity contribution in [3.05, 3.63) is 35.7 Å². The Bertz CT molecular complexity index is 1050. The molecule has 6 rings (SSSR count). The Morgan fingerprint density at radius 1 is 1.25 bits per heavy atom. The van der Waals surface area contributed by atoms with Crippen molar-refractivity contribution in [2.45, 2.75) is 38.1 Å². The second kappa shape index (κ2) is 5.91. The van der Waals surface area contributed by atoms with E-state index in [1.807, 2.05) is 10.9 Å². The standard InChI is InChI=1S/C19H17F3N4O2/c1-9-2-11(19(20,21)22)5-16(27)17(9)13-6-23-14-7-26(25-18(14)24-13)15-8-28-12-3-10(15)4-12/h2,5-7,10,12,15,27H,3-4,8H2,1H3. The number of halogens is 3. The monoisotopic (exact) mass is 390 g/mol. The Kier molecular flexibility index (Phi) is 3.67. The molecule has 0 radical (unpaired) electrons. The van der Waals surface area contributed by atoms with Gasteiger partial charge in [-0.05, 0) is 43.4 Å². The molecule has 2 bridgehead atoms. The molecule has 0 amide bonds. The number of rotatable bonds is 2. The summed E-state index contributed by atoms with van der Waals surface area (Å²) in [5.41, 5.74) is 0.846. The van der Waals surface area contributed by atoms with Crippen molar-refractivity contribution in [1.82, 2.24) is 19.7 Å². The normalized spacial score (nSPS) is 24.4. The van der Waals surface area contributed by atoms with Gasteiger partial charge in [0.2, 0.25) is 0 Å². The summed E-state index contributed by atoms with van der Waals surface area (Å²) in [5.74, 6) is 0.0512. The average molecular weight is 390 g/mol. The highest BCUT2D eigenvalue weighted by Gasteiger charge is 2.42. The van der Waals surface area contributed by atoms with E-state index in [9.17, 15) is 18.3 Å². The van der Waals surface area contributed by atoms with Crippen LogP contribution in [0.2, 0.25) is 0 Å². The summed E-state index contributed by atoms with van der Waals surface area (Å²) in [6.07, 6.45) is 1.17. The molecule has 0 spiro atoms. The first-order valence-corrected chi connectivity index (χ1v) is 9.04. The Labute approximate surface area is 158 Å². The molecule has 1 unspecified atom stereocenters. The predicted octanol–water partition coefficient (Wildman–Crippen LogP) is 3.88. The van der Waals surface area contributed by atoms with Crippen molar-refractivity contribution in [2.75, 3.05) is 6.61 Å². The summed E-state index contributed by atoms with van der Waals surface area (Å²) in [7, 11) is 0. The van der Waals surface area contributed by atoms with Gasteiger partial charge in [-0.2, -0.15) is 18.3 Å².